The van der Waals surface area contributed by atoms with E-state index in [4.69, 9.17) is 18.5 Å². The number of ether oxygens (including phenoxy) is 2. The first-order valence-electron chi connectivity index (χ1n) is 23.6. The second-order valence-corrected chi connectivity index (χ2v) is 18.0. The van der Waals surface area contributed by atoms with Crippen LogP contribution < -0.4 is 0 Å². The zero-order valence-electron chi connectivity index (χ0n) is 37.3. The Balaban J connectivity index is 2.35. The average Bonchev–Trinajstić information content (AvgIpc) is 3.23. The van der Waals surface area contributed by atoms with Gasteiger partial charge in [-0.1, -0.05) is 167 Å². The van der Waals surface area contributed by atoms with Gasteiger partial charge in [-0.2, -0.15) is 0 Å². The molecule has 0 amide bonds. The van der Waals surface area contributed by atoms with Crippen LogP contribution in [0.4, 0.5) is 0 Å². The predicted octanol–water partition coefficient (Wildman–Crippen LogP) is 9.23. The molecule has 14 heteroatoms. The van der Waals surface area contributed by atoms with E-state index in [9.17, 15) is 44.6 Å². The molecule has 0 aromatic heterocycles. The number of phosphoric ester groups is 1. The van der Waals surface area contributed by atoms with E-state index >= 15 is 0 Å². The van der Waals surface area contributed by atoms with Crippen LogP contribution in [-0.2, 0) is 32.7 Å². The predicted molar refractivity (Wildman–Crippen MR) is 235 cm³/mol. The van der Waals surface area contributed by atoms with Crippen molar-refractivity contribution < 1.29 is 63.1 Å². The van der Waals surface area contributed by atoms with Crippen molar-refractivity contribution >= 4 is 19.8 Å². The summed E-state index contributed by atoms with van der Waals surface area (Å²) in [6, 6.07) is 0. The first-order chi connectivity index (χ1) is 28.9. The van der Waals surface area contributed by atoms with E-state index in [0.717, 1.165) is 57.8 Å². The molecule has 0 bridgehead atoms. The molecule has 0 heterocycles. The van der Waals surface area contributed by atoms with Gasteiger partial charge in [0.15, 0.2) is 6.10 Å². The van der Waals surface area contributed by atoms with Gasteiger partial charge in [0.1, 0.15) is 43.2 Å². The van der Waals surface area contributed by atoms with Crippen LogP contribution in [0.1, 0.15) is 200 Å². The number of aliphatic hydroxyl groups is 5. The highest BCUT2D eigenvalue weighted by Crippen LogP contribution is 2.47. The number of rotatable bonds is 39. The summed E-state index contributed by atoms with van der Waals surface area (Å²) in [5.74, 6) is -1.10. The maximum absolute atomic E-state index is 12.8. The number of phosphoric acid groups is 1. The lowest BCUT2D eigenvalue weighted by atomic mass is 9.85. The van der Waals surface area contributed by atoms with Crippen molar-refractivity contribution in [1.82, 2.24) is 0 Å². The number of carbonyl (C=O) groups is 2. The molecule has 1 aliphatic rings. The Kier molecular flexibility index (Phi) is 34.5. The van der Waals surface area contributed by atoms with Crippen LogP contribution in [0.3, 0.4) is 0 Å². The van der Waals surface area contributed by atoms with Gasteiger partial charge < -0.3 is 39.9 Å². The molecule has 352 valence electrons. The van der Waals surface area contributed by atoms with Gasteiger partial charge >= 0.3 is 19.8 Å². The van der Waals surface area contributed by atoms with Gasteiger partial charge in [0, 0.05) is 12.8 Å². The minimum Gasteiger partial charge on any atom is -0.462 e. The first kappa shape index (κ1) is 56.3. The molecular weight excluding hydrogens is 791 g/mol. The lowest BCUT2D eigenvalue weighted by Gasteiger charge is -2.41. The number of aliphatic hydroxyl groups excluding tert-OH is 5. The Morgan fingerprint density at radius 3 is 1.35 bits per heavy atom. The van der Waals surface area contributed by atoms with Crippen LogP contribution in [0, 0.1) is 0 Å². The van der Waals surface area contributed by atoms with Gasteiger partial charge in [-0.15, -0.1) is 0 Å². The Hall–Kier alpha value is -1.67. The molecule has 0 spiro atoms. The molecule has 1 fully saturated rings. The van der Waals surface area contributed by atoms with Gasteiger partial charge in [-0.05, 0) is 44.9 Å². The van der Waals surface area contributed by atoms with Gasteiger partial charge in [0.05, 0.1) is 6.61 Å². The topological polar surface area (TPSA) is 210 Å². The van der Waals surface area contributed by atoms with E-state index in [1.54, 1.807) is 0 Å². The third-order valence-corrected chi connectivity index (χ3v) is 12.0. The van der Waals surface area contributed by atoms with E-state index < -0.39 is 75.7 Å². The minimum atomic E-state index is -5.11. The number of esters is 2. The van der Waals surface area contributed by atoms with Gasteiger partial charge in [0.2, 0.25) is 0 Å². The van der Waals surface area contributed by atoms with Crippen molar-refractivity contribution in [3.63, 3.8) is 0 Å². The number of carbonyl (C=O) groups excluding carboxylic acids is 2. The quantitative estimate of drug-likeness (QED) is 0.0147. The van der Waals surface area contributed by atoms with E-state index in [1.165, 1.54) is 103 Å². The van der Waals surface area contributed by atoms with E-state index in [2.05, 4.69) is 38.2 Å². The number of hydrogen-bond acceptors (Lipinski definition) is 12. The summed E-state index contributed by atoms with van der Waals surface area (Å²) in [4.78, 5) is 35.6. The molecule has 0 radical (unpaired) electrons. The molecule has 1 saturated carbocycles. The highest BCUT2D eigenvalue weighted by Gasteiger charge is 2.51. The van der Waals surface area contributed by atoms with Crippen LogP contribution >= 0.6 is 7.82 Å². The second kappa shape index (κ2) is 36.8. The van der Waals surface area contributed by atoms with Crippen molar-refractivity contribution in [2.45, 2.75) is 243 Å². The summed E-state index contributed by atoms with van der Waals surface area (Å²) < 4.78 is 33.4. The molecule has 0 saturated heterocycles. The smallest absolute Gasteiger partial charge is 0.462 e. The van der Waals surface area contributed by atoms with Crippen LogP contribution in [0.25, 0.3) is 0 Å². The zero-order valence-corrected chi connectivity index (χ0v) is 38.2. The third kappa shape index (κ3) is 28.8. The largest absolute Gasteiger partial charge is 0.472 e. The average molecular weight is 877 g/mol. The molecule has 6 atom stereocenters. The van der Waals surface area contributed by atoms with Gasteiger partial charge in [-0.3, -0.25) is 18.6 Å². The Labute approximate surface area is 362 Å². The zero-order chi connectivity index (χ0) is 44.3. The molecule has 60 heavy (non-hydrogen) atoms. The lowest BCUT2D eigenvalue weighted by molar-refractivity contribution is -0.220. The van der Waals surface area contributed by atoms with Crippen LogP contribution in [-0.4, -0.2) is 98.3 Å². The van der Waals surface area contributed by atoms with Crippen LogP contribution in [0.5, 0.6) is 0 Å². The number of unbranched alkanes of at least 4 members (excludes halogenated alkanes) is 23. The number of allylic oxidation sites excluding steroid dienone is 4. The highest BCUT2D eigenvalue weighted by atomic mass is 31.2. The van der Waals surface area contributed by atoms with Crippen molar-refractivity contribution in [3.8, 4) is 0 Å². The number of hydrogen-bond donors (Lipinski definition) is 6. The summed E-state index contributed by atoms with van der Waals surface area (Å²) in [6.07, 6.45) is 26.9. The van der Waals surface area contributed by atoms with Crippen molar-refractivity contribution in [2.24, 2.45) is 0 Å². The molecule has 1 rings (SSSR count). The van der Waals surface area contributed by atoms with Gasteiger partial charge in [-0.25, -0.2) is 4.57 Å². The maximum atomic E-state index is 12.8. The molecule has 13 nitrogen and oxygen atoms in total. The van der Waals surface area contributed by atoms with Crippen LogP contribution in [0.2, 0.25) is 0 Å². The summed E-state index contributed by atoms with van der Waals surface area (Å²) >= 11 is 0. The fourth-order valence-corrected chi connectivity index (χ4v) is 8.17. The Morgan fingerprint density at radius 2 is 0.900 bits per heavy atom. The van der Waals surface area contributed by atoms with Crippen molar-refractivity contribution in [2.75, 3.05) is 13.2 Å². The summed E-state index contributed by atoms with van der Waals surface area (Å²) in [5.41, 5.74) is 0. The van der Waals surface area contributed by atoms with Gasteiger partial charge in [0.25, 0.3) is 0 Å². The molecule has 6 unspecified atom stereocenters. The first-order valence-corrected chi connectivity index (χ1v) is 25.1. The fourth-order valence-electron chi connectivity index (χ4n) is 7.20. The molecule has 0 aromatic carbocycles. The second-order valence-electron chi connectivity index (χ2n) is 16.6. The standard InChI is InChI=1S/C46H85O13P/c1-3-5-7-9-11-13-14-15-16-17-18-19-20-21-22-23-24-25-26-27-29-31-33-35-40(48)58-38(36-56-39(47)34-32-30-28-12-10-8-6-4-2)37-57-60(54,55)59-46-44(52)42(50)41(49)43(51)45(46)53/h14-15,17-18,38,41-46,49-53H,3-13,16,19-37H2,1-2H3,(H,54,55)/b15-14-,18-17-. The normalized spacial score (nSPS) is 22.3. The molecule has 0 aromatic rings. The lowest BCUT2D eigenvalue weighted by Crippen LogP contribution is -2.64. The SMILES string of the molecule is CCCCCCC/C=C\C/C=C\CCCCCCCCCCCCCC(=O)OC(COC(=O)CCCCCCCCCC)COP(=O)(O)OC1C(O)C(O)C(O)C(O)C1O. The summed E-state index contributed by atoms with van der Waals surface area (Å²) in [5, 5.41) is 50.1. The van der Waals surface area contributed by atoms with E-state index in [0.29, 0.717) is 12.8 Å². The van der Waals surface area contributed by atoms with Crippen molar-refractivity contribution in [1.29, 1.82) is 0 Å². The molecule has 6 N–H and O–H groups in total. The molecule has 0 aliphatic heterocycles. The maximum Gasteiger partial charge on any atom is 0.472 e. The third-order valence-electron chi connectivity index (χ3n) is 11.0. The molecular formula is C46H85O13P. The minimum absolute atomic E-state index is 0.0969. The Bertz CT molecular complexity index is 1150. The van der Waals surface area contributed by atoms with E-state index in [1.807, 2.05) is 0 Å². The molecule has 1 aliphatic carbocycles. The summed E-state index contributed by atoms with van der Waals surface area (Å²) in [6.45, 7) is 3.25. The fraction of sp³-hybridized carbons (Fsp3) is 0.870. The summed E-state index contributed by atoms with van der Waals surface area (Å²) in [7, 11) is -5.11. The van der Waals surface area contributed by atoms with Crippen LogP contribution in [0.15, 0.2) is 24.3 Å². The monoisotopic (exact) mass is 877 g/mol. The Morgan fingerprint density at radius 1 is 0.517 bits per heavy atom. The van der Waals surface area contributed by atoms with Crippen molar-refractivity contribution in [3.05, 3.63) is 24.3 Å². The highest BCUT2D eigenvalue weighted by molar-refractivity contribution is 7.47. The van der Waals surface area contributed by atoms with E-state index in [-0.39, 0.29) is 12.8 Å².